The van der Waals surface area contributed by atoms with Crippen molar-refractivity contribution >= 4 is 33.9 Å². The number of hydrogen-bond acceptors (Lipinski definition) is 6. The van der Waals surface area contributed by atoms with Gasteiger partial charge >= 0.3 is 0 Å². The Labute approximate surface area is 148 Å². The van der Waals surface area contributed by atoms with Crippen molar-refractivity contribution in [1.82, 2.24) is 10.2 Å². The summed E-state index contributed by atoms with van der Waals surface area (Å²) in [6.07, 6.45) is 0. The van der Waals surface area contributed by atoms with E-state index in [1.54, 1.807) is 18.2 Å². The number of anilines is 2. The first-order chi connectivity index (χ1) is 11.7. The number of nitrogens with one attached hydrogen (secondary N) is 1. The Bertz CT molecular complexity index is 810. The third-order valence-electron chi connectivity index (χ3n) is 3.20. The molecule has 24 heavy (non-hydrogen) atoms. The van der Waals surface area contributed by atoms with Gasteiger partial charge in [-0.3, -0.25) is 0 Å². The third-order valence-corrected chi connectivity index (χ3v) is 5.13. The van der Waals surface area contributed by atoms with Crippen molar-refractivity contribution in [3.63, 3.8) is 0 Å². The highest BCUT2D eigenvalue weighted by atomic mass is 32.2. The van der Waals surface area contributed by atoms with Gasteiger partial charge in [0.25, 0.3) is 0 Å². The molecule has 0 aliphatic heterocycles. The lowest BCUT2D eigenvalue weighted by atomic mass is 10.2. The van der Waals surface area contributed by atoms with Crippen molar-refractivity contribution in [2.75, 3.05) is 17.7 Å². The van der Waals surface area contributed by atoms with Gasteiger partial charge in [-0.05, 0) is 30.7 Å². The lowest BCUT2D eigenvalue weighted by Gasteiger charge is -2.05. The minimum absolute atomic E-state index is 0.275. The lowest BCUT2D eigenvalue weighted by Crippen LogP contribution is -2.01. The van der Waals surface area contributed by atoms with E-state index in [-0.39, 0.29) is 11.6 Å². The Morgan fingerprint density at radius 1 is 1.12 bits per heavy atom. The second-order valence-electron chi connectivity index (χ2n) is 4.94. The third kappa shape index (κ3) is 4.46. The van der Waals surface area contributed by atoms with Crippen LogP contribution in [0.25, 0.3) is 0 Å². The van der Waals surface area contributed by atoms with Crippen LogP contribution in [0.2, 0.25) is 0 Å². The fraction of sp³-hybridized carbons (Fsp3) is 0.176. The van der Waals surface area contributed by atoms with Crippen molar-refractivity contribution in [2.45, 2.75) is 11.3 Å². The zero-order valence-electron chi connectivity index (χ0n) is 13.0. The molecule has 1 aromatic heterocycles. The molecule has 0 saturated heterocycles. The van der Waals surface area contributed by atoms with E-state index < -0.39 is 0 Å². The number of thioether (sulfide) groups is 1. The molecule has 0 aliphatic rings. The van der Waals surface area contributed by atoms with Crippen molar-refractivity contribution in [3.8, 4) is 5.75 Å². The van der Waals surface area contributed by atoms with E-state index in [1.807, 2.05) is 31.2 Å². The maximum absolute atomic E-state index is 13.4. The van der Waals surface area contributed by atoms with E-state index in [2.05, 4.69) is 15.5 Å². The first-order valence-electron chi connectivity index (χ1n) is 7.38. The Morgan fingerprint density at radius 2 is 1.92 bits per heavy atom. The molecule has 2 aromatic carbocycles. The molecular formula is C17H16FN3OS2. The molecule has 0 fully saturated rings. The molecule has 7 heteroatoms. The van der Waals surface area contributed by atoms with Gasteiger partial charge in [0, 0.05) is 11.4 Å². The van der Waals surface area contributed by atoms with Gasteiger partial charge in [-0.15, -0.1) is 10.2 Å². The summed E-state index contributed by atoms with van der Waals surface area (Å²) in [5, 5.41) is 12.3. The molecule has 1 N–H and O–H groups in total. The zero-order valence-corrected chi connectivity index (χ0v) is 14.7. The highest BCUT2D eigenvalue weighted by molar-refractivity contribution is 8.01. The summed E-state index contributed by atoms with van der Waals surface area (Å²) in [5.41, 5.74) is 2.17. The molecule has 3 aromatic rings. The first kappa shape index (κ1) is 16.7. The number of para-hydroxylation sites is 2. The maximum Gasteiger partial charge on any atom is 0.210 e. The Hall–Kier alpha value is -2.12. The van der Waals surface area contributed by atoms with E-state index in [9.17, 15) is 4.39 Å². The summed E-state index contributed by atoms with van der Waals surface area (Å²) in [5.74, 6) is 0.605. The van der Waals surface area contributed by atoms with Crippen LogP contribution >= 0.6 is 23.1 Å². The number of benzene rings is 2. The average Bonchev–Trinajstić information content (AvgIpc) is 3.03. The number of halogens is 1. The summed E-state index contributed by atoms with van der Waals surface area (Å²) in [7, 11) is 0. The average molecular weight is 361 g/mol. The van der Waals surface area contributed by atoms with Gasteiger partial charge in [0.15, 0.2) is 15.9 Å². The number of ether oxygens (including phenoxy) is 1. The smallest absolute Gasteiger partial charge is 0.210 e. The van der Waals surface area contributed by atoms with Crippen LogP contribution in [0, 0.1) is 12.7 Å². The minimum Gasteiger partial charge on any atom is -0.490 e. The number of hydrogen-bond donors (Lipinski definition) is 1. The second-order valence-corrected chi connectivity index (χ2v) is 7.26. The van der Waals surface area contributed by atoms with Gasteiger partial charge in [-0.1, -0.05) is 53.4 Å². The van der Waals surface area contributed by atoms with E-state index in [1.165, 1.54) is 29.2 Å². The fourth-order valence-corrected chi connectivity index (χ4v) is 3.64. The van der Waals surface area contributed by atoms with Crippen molar-refractivity contribution in [1.29, 1.82) is 0 Å². The van der Waals surface area contributed by atoms with Crippen LogP contribution in [-0.4, -0.2) is 22.6 Å². The Balaban J connectivity index is 1.48. The van der Waals surface area contributed by atoms with Gasteiger partial charge in [0.2, 0.25) is 5.13 Å². The molecule has 124 valence electrons. The summed E-state index contributed by atoms with van der Waals surface area (Å²) in [4.78, 5) is 0. The minimum atomic E-state index is -0.344. The monoisotopic (exact) mass is 361 g/mol. The van der Waals surface area contributed by atoms with Crippen LogP contribution in [0.15, 0.2) is 52.9 Å². The van der Waals surface area contributed by atoms with Crippen LogP contribution in [0.5, 0.6) is 5.75 Å². The highest BCUT2D eigenvalue weighted by Crippen LogP contribution is 2.28. The number of aromatic nitrogens is 2. The van der Waals surface area contributed by atoms with Crippen LogP contribution in [0.3, 0.4) is 0 Å². The first-order valence-corrected chi connectivity index (χ1v) is 9.19. The molecule has 0 spiro atoms. The molecule has 0 saturated carbocycles. The maximum atomic E-state index is 13.4. The van der Waals surface area contributed by atoms with Crippen molar-refractivity contribution in [2.24, 2.45) is 0 Å². The Kier molecular flexibility index (Phi) is 5.66. The van der Waals surface area contributed by atoms with E-state index in [0.717, 1.165) is 20.7 Å². The van der Waals surface area contributed by atoms with Gasteiger partial charge in [-0.2, -0.15) is 0 Å². The fourth-order valence-electron chi connectivity index (χ4n) is 1.99. The summed E-state index contributed by atoms with van der Waals surface area (Å²) in [6.45, 7) is 2.45. The standard InChI is InChI=1S/C17H16FN3OS2/c1-12-6-2-4-8-14(12)19-16-20-21-17(24-16)23-11-10-22-15-9-5-3-7-13(15)18/h2-9H,10-11H2,1H3,(H,19,20). The Morgan fingerprint density at radius 3 is 2.75 bits per heavy atom. The van der Waals surface area contributed by atoms with Gasteiger partial charge < -0.3 is 10.1 Å². The molecule has 4 nitrogen and oxygen atoms in total. The van der Waals surface area contributed by atoms with E-state index >= 15 is 0 Å². The largest absolute Gasteiger partial charge is 0.490 e. The van der Waals surface area contributed by atoms with Gasteiger partial charge in [0.1, 0.15) is 0 Å². The number of nitrogens with zero attached hydrogens (tertiary/aromatic N) is 2. The van der Waals surface area contributed by atoms with Crippen molar-refractivity contribution < 1.29 is 9.13 Å². The lowest BCUT2D eigenvalue weighted by molar-refractivity contribution is 0.325. The van der Waals surface area contributed by atoms with Crippen LogP contribution in [0.4, 0.5) is 15.2 Å². The van der Waals surface area contributed by atoms with Gasteiger partial charge in [0.05, 0.1) is 6.61 Å². The molecule has 0 amide bonds. The molecular weight excluding hydrogens is 345 g/mol. The van der Waals surface area contributed by atoms with Gasteiger partial charge in [-0.25, -0.2) is 4.39 Å². The molecule has 0 bridgehead atoms. The molecule has 0 atom stereocenters. The molecule has 0 unspecified atom stereocenters. The van der Waals surface area contributed by atoms with Crippen molar-refractivity contribution in [3.05, 3.63) is 59.9 Å². The highest BCUT2D eigenvalue weighted by Gasteiger charge is 2.07. The SMILES string of the molecule is Cc1ccccc1Nc1nnc(SCCOc2ccccc2F)s1. The van der Waals surface area contributed by atoms with E-state index in [0.29, 0.717) is 12.4 Å². The quantitative estimate of drug-likeness (QED) is 0.479. The molecule has 3 rings (SSSR count). The predicted octanol–water partition coefficient (Wildman–Crippen LogP) is 4.90. The molecule has 0 radical (unpaired) electrons. The zero-order chi connectivity index (χ0) is 16.8. The van der Waals surface area contributed by atoms with Crippen LogP contribution in [-0.2, 0) is 0 Å². The van der Waals surface area contributed by atoms with Crippen LogP contribution in [0.1, 0.15) is 5.56 Å². The normalized spacial score (nSPS) is 10.6. The topological polar surface area (TPSA) is 47.0 Å². The number of rotatable bonds is 7. The predicted molar refractivity (Wildman–Crippen MR) is 97.0 cm³/mol. The molecule has 0 aliphatic carbocycles. The summed E-state index contributed by atoms with van der Waals surface area (Å²) >= 11 is 3.02. The number of aryl methyl sites for hydroxylation is 1. The molecule has 1 heterocycles. The van der Waals surface area contributed by atoms with Crippen LogP contribution < -0.4 is 10.1 Å². The van der Waals surface area contributed by atoms with E-state index in [4.69, 9.17) is 4.74 Å². The second kappa shape index (κ2) is 8.12. The summed E-state index contributed by atoms with van der Waals surface area (Å²) in [6, 6.07) is 14.4. The summed E-state index contributed by atoms with van der Waals surface area (Å²) < 4.78 is 19.7.